The van der Waals surface area contributed by atoms with E-state index in [1.165, 1.54) is 37.1 Å². The Kier molecular flexibility index (Phi) is 4.43. The Balaban J connectivity index is 1.90. The maximum absolute atomic E-state index is 5.96. The molecule has 0 saturated carbocycles. The number of anilines is 1. The van der Waals surface area contributed by atoms with Crippen molar-refractivity contribution in [1.29, 1.82) is 0 Å². The molecule has 0 bridgehead atoms. The highest BCUT2D eigenvalue weighted by Crippen LogP contribution is 2.26. The number of para-hydroxylation sites is 1. The molecule has 2 N–H and O–H groups in total. The number of hydrogen-bond acceptors (Lipinski definition) is 2. The normalized spacial score (nSPS) is 16.7. The highest BCUT2D eigenvalue weighted by molar-refractivity contribution is 5.55. The van der Waals surface area contributed by atoms with Gasteiger partial charge in [-0.05, 0) is 43.7 Å². The van der Waals surface area contributed by atoms with Gasteiger partial charge in [0.1, 0.15) is 0 Å². The summed E-state index contributed by atoms with van der Waals surface area (Å²) in [6, 6.07) is 9.20. The summed E-state index contributed by atoms with van der Waals surface area (Å²) in [5.74, 6) is 0. The number of nitrogens with two attached hydrogens (primary N) is 1. The van der Waals surface area contributed by atoms with Crippen molar-refractivity contribution in [2.24, 2.45) is 5.73 Å². The third-order valence-corrected chi connectivity index (χ3v) is 3.73. The summed E-state index contributed by atoms with van der Waals surface area (Å²) in [5, 5.41) is 0. The standard InChI is InChI=1S/C15H24N2/c1-2-14(16)9-6-12-17-11-5-8-13-7-3-4-10-15(13)17/h3-4,7,10,14H,2,5-6,8-9,11-12,16H2,1H3. The summed E-state index contributed by atoms with van der Waals surface area (Å²) in [4.78, 5) is 2.53. The zero-order valence-electron chi connectivity index (χ0n) is 10.9. The fourth-order valence-electron chi connectivity index (χ4n) is 2.59. The molecule has 0 aromatic heterocycles. The summed E-state index contributed by atoms with van der Waals surface area (Å²) >= 11 is 0. The quantitative estimate of drug-likeness (QED) is 0.845. The first-order chi connectivity index (χ1) is 8.31. The first kappa shape index (κ1) is 12.4. The SMILES string of the molecule is CCC(N)CCCN1CCCc2ccccc21. The Morgan fingerprint density at radius 3 is 3.00 bits per heavy atom. The molecule has 1 aliphatic rings. The first-order valence-corrected chi connectivity index (χ1v) is 6.89. The third kappa shape index (κ3) is 3.22. The van der Waals surface area contributed by atoms with E-state index < -0.39 is 0 Å². The molecule has 1 aliphatic heterocycles. The van der Waals surface area contributed by atoms with Gasteiger partial charge in [0.2, 0.25) is 0 Å². The van der Waals surface area contributed by atoms with E-state index in [0.717, 1.165) is 19.4 Å². The average Bonchev–Trinajstić information content (AvgIpc) is 2.39. The van der Waals surface area contributed by atoms with Crippen molar-refractivity contribution < 1.29 is 0 Å². The summed E-state index contributed by atoms with van der Waals surface area (Å²) in [6.07, 6.45) is 5.98. The highest BCUT2D eigenvalue weighted by Gasteiger charge is 2.15. The van der Waals surface area contributed by atoms with Gasteiger partial charge in [0.25, 0.3) is 0 Å². The lowest BCUT2D eigenvalue weighted by Gasteiger charge is -2.31. The van der Waals surface area contributed by atoms with Crippen LogP contribution in [-0.4, -0.2) is 19.1 Å². The summed E-state index contributed by atoms with van der Waals surface area (Å²) in [7, 11) is 0. The van der Waals surface area contributed by atoms with Crippen LogP contribution < -0.4 is 10.6 Å². The molecule has 94 valence electrons. The van der Waals surface area contributed by atoms with Gasteiger partial charge in [0.05, 0.1) is 0 Å². The lowest BCUT2D eigenvalue weighted by Crippen LogP contribution is -2.31. The van der Waals surface area contributed by atoms with Crippen molar-refractivity contribution in [3.8, 4) is 0 Å². The molecule has 0 radical (unpaired) electrons. The van der Waals surface area contributed by atoms with Crippen molar-refractivity contribution in [1.82, 2.24) is 0 Å². The first-order valence-electron chi connectivity index (χ1n) is 6.89. The van der Waals surface area contributed by atoms with Crippen LogP contribution in [0.5, 0.6) is 0 Å². The molecule has 17 heavy (non-hydrogen) atoms. The van der Waals surface area contributed by atoms with Crippen LogP contribution in [0.3, 0.4) is 0 Å². The van der Waals surface area contributed by atoms with Crippen LogP contribution in [0.15, 0.2) is 24.3 Å². The molecule has 0 amide bonds. The topological polar surface area (TPSA) is 29.3 Å². The minimum Gasteiger partial charge on any atom is -0.371 e. The molecule has 0 spiro atoms. The number of rotatable bonds is 5. The van der Waals surface area contributed by atoms with E-state index in [1.807, 2.05) is 0 Å². The number of aryl methyl sites for hydroxylation is 1. The van der Waals surface area contributed by atoms with Crippen LogP contribution in [0, 0.1) is 0 Å². The van der Waals surface area contributed by atoms with E-state index in [-0.39, 0.29) is 0 Å². The number of hydrogen-bond donors (Lipinski definition) is 1. The summed E-state index contributed by atoms with van der Waals surface area (Å²) < 4.78 is 0. The van der Waals surface area contributed by atoms with E-state index >= 15 is 0 Å². The largest absolute Gasteiger partial charge is 0.371 e. The van der Waals surface area contributed by atoms with Crippen LogP contribution >= 0.6 is 0 Å². The smallest absolute Gasteiger partial charge is 0.0398 e. The second-order valence-electron chi connectivity index (χ2n) is 5.03. The lowest BCUT2D eigenvalue weighted by atomic mass is 10.0. The van der Waals surface area contributed by atoms with Gasteiger partial charge in [-0.25, -0.2) is 0 Å². The molecule has 2 rings (SSSR count). The van der Waals surface area contributed by atoms with Crippen LogP contribution in [0.4, 0.5) is 5.69 Å². The van der Waals surface area contributed by atoms with Crippen molar-refractivity contribution in [2.45, 2.75) is 45.1 Å². The van der Waals surface area contributed by atoms with Crippen molar-refractivity contribution >= 4 is 5.69 Å². The minimum atomic E-state index is 0.384. The second-order valence-corrected chi connectivity index (χ2v) is 5.03. The molecular weight excluding hydrogens is 208 g/mol. The monoisotopic (exact) mass is 232 g/mol. The van der Waals surface area contributed by atoms with Gasteiger partial charge in [-0.1, -0.05) is 25.1 Å². The van der Waals surface area contributed by atoms with E-state index in [4.69, 9.17) is 5.73 Å². The second kappa shape index (κ2) is 6.06. The number of nitrogens with zero attached hydrogens (tertiary/aromatic N) is 1. The average molecular weight is 232 g/mol. The summed E-state index contributed by atoms with van der Waals surface area (Å²) in [6.45, 7) is 4.53. The van der Waals surface area contributed by atoms with Gasteiger partial charge in [0.15, 0.2) is 0 Å². The predicted molar refractivity (Wildman–Crippen MR) is 74.5 cm³/mol. The zero-order valence-corrected chi connectivity index (χ0v) is 10.9. The van der Waals surface area contributed by atoms with Gasteiger partial charge >= 0.3 is 0 Å². The molecule has 1 aromatic rings. The molecule has 1 aromatic carbocycles. The molecule has 1 atom stereocenters. The van der Waals surface area contributed by atoms with Gasteiger partial charge in [0, 0.05) is 24.8 Å². The van der Waals surface area contributed by atoms with Crippen LogP contribution in [0.1, 0.15) is 38.2 Å². The zero-order chi connectivity index (χ0) is 12.1. The van der Waals surface area contributed by atoms with Crippen LogP contribution in [0.2, 0.25) is 0 Å². The Hall–Kier alpha value is -1.02. The fraction of sp³-hybridized carbons (Fsp3) is 0.600. The molecule has 0 fully saturated rings. The van der Waals surface area contributed by atoms with E-state index in [1.54, 1.807) is 0 Å². The van der Waals surface area contributed by atoms with Crippen molar-refractivity contribution in [2.75, 3.05) is 18.0 Å². The molecular formula is C15H24N2. The lowest BCUT2D eigenvalue weighted by molar-refractivity contribution is 0.554. The molecule has 0 saturated heterocycles. The van der Waals surface area contributed by atoms with Gasteiger partial charge in [-0.3, -0.25) is 0 Å². The number of benzene rings is 1. The Bertz CT molecular complexity index is 349. The predicted octanol–water partition coefficient (Wildman–Crippen LogP) is 2.96. The third-order valence-electron chi connectivity index (χ3n) is 3.73. The Morgan fingerprint density at radius 1 is 1.35 bits per heavy atom. The van der Waals surface area contributed by atoms with Gasteiger partial charge < -0.3 is 10.6 Å². The van der Waals surface area contributed by atoms with Crippen LogP contribution in [-0.2, 0) is 6.42 Å². The fourth-order valence-corrected chi connectivity index (χ4v) is 2.59. The van der Waals surface area contributed by atoms with Crippen molar-refractivity contribution in [3.05, 3.63) is 29.8 Å². The van der Waals surface area contributed by atoms with E-state index in [2.05, 4.69) is 36.1 Å². The van der Waals surface area contributed by atoms with Gasteiger partial charge in [-0.15, -0.1) is 0 Å². The van der Waals surface area contributed by atoms with E-state index in [9.17, 15) is 0 Å². The maximum Gasteiger partial charge on any atom is 0.0398 e. The molecule has 1 heterocycles. The Morgan fingerprint density at radius 2 is 2.18 bits per heavy atom. The molecule has 2 nitrogen and oxygen atoms in total. The van der Waals surface area contributed by atoms with Crippen LogP contribution in [0.25, 0.3) is 0 Å². The van der Waals surface area contributed by atoms with E-state index in [0.29, 0.717) is 6.04 Å². The maximum atomic E-state index is 5.96. The molecule has 1 unspecified atom stereocenters. The Labute approximate surface area is 105 Å². The molecule has 0 aliphatic carbocycles. The summed E-state index contributed by atoms with van der Waals surface area (Å²) in [5.41, 5.74) is 8.93. The highest BCUT2D eigenvalue weighted by atomic mass is 15.1. The van der Waals surface area contributed by atoms with Gasteiger partial charge in [-0.2, -0.15) is 0 Å². The van der Waals surface area contributed by atoms with Crippen molar-refractivity contribution in [3.63, 3.8) is 0 Å². The number of fused-ring (bicyclic) bond motifs is 1. The minimum absolute atomic E-state index is 0.384. The molecule has 2 heteroatoms.